The summed E-state index contributed by atoms with van der Waals surface area (Å²) in [5.41, 5.74) is 1.37. The zero-order chi connectivity index (χ0) is 22.7. The van der Waals surface area contributed by atoms with Crippen molar-refractivity contribution in [2.45, 2.75) is 44.4 Å². The predicted octanol–water partition coefficient (Wildman–Crippen LogP) is 3.68. The number of anilines is 1. The lowest BCUT2D eigenvalue weighted by Crippen LogP contribution is -2.74. The van der Waals surface area contributed by atoms with Gasteiger partial charge in [-0.05, 0) is 51.1 Å². The summed E-state index contributed by atoms with van der Waals surface area (Å²) in [6.45, 7) is 5.07. The van der Waals surface area contributed by atoms with Crippen LogP contribution in [0.2, 0.25) is 0 Å². The molecule has 8 heteroatoms. The van der Waals surface area contributed by atoms with Crippen LogP contribution < -0.4 is 4.90 Å². The summed E-state index contributed by atoms with van der Waals surface area (Å²) in [5.74, 6) is 0.749. The van der Waals surface area contributed by atoms with Crippen LogP contribution in [0.3, 0.4) is 0 Å². The van der Waals surface area contributed by atoms with Crippen LogP contribution in [-0.2, 0) is 0 Å². The molecule has 3 aromatic rings. The Hall–Kier alpha value is -3.00. The number of fused-ring (bicyclic) bond motifs is 3. The maximum Gasteiger partial charge on any atom is 0.151 e. The molecule has 0 radical (unpaired) electrons. The molecule has 0 spiro atoms. The number of hydrogen-bond donors (Lipinski definition) is 1. The first-order valence-electron chi connectivity index (χ1n) is 11.0. The van der Waals surface area contributed by atoms with Gasteiger partial charge in [-0.25, -0.2) is 9.37 Å². The lowest BCUT2D eigenvalue weighted by Gasteiger charge is -2.63. The van der Waals surface area contributed by atoms with E-state index in [1.54, 1.807) is 18.6 Å². The first kappa shape index (κ1) is 20.9. The Labute approximate surface area is 187 Å². The summed E-state index contributed by atoms with van der Waals surface area (Å²) >= 11 is 0. The Morgan fingerprint density at radius 1 is 1.16 bits per heavy atom. The van der Waals surface area contributed by atoms with Crippen LogP contribution in [0.5, 0.6) is 5.75 Å². The van der Waals surface area contributed by atoms with E-state index in [-0.39, 0.29) is 17.2 Å². The van der Waals surface area contributed by atoms with Gasteiger partial charge in [0, 0.05) is 43.0 Å². The molecule has 6 rings (SSSR count). The lowest BCUT2D eigenvalue weighted by molar-refractivity contribution is -0.123. The Morgan fingerprint density at radius 3 is 2.59 bits per heavy atom. The van der Waals surface area contributed by atoms with E-state index < -0.39 is 11.7 Å². The fourth-order valence-electron chi connectivity index (χ4n) is 5.59. The number of hydrogen-bond acceptors (Lipinski definition) is 6. The second-order valence-corrected chi connectivity index (χ2v) is 9.77. The van der Waals surface area contributed by atoms with Gasteiger partial charge >= 0.3 is 0 Å². The molecule has 1 N–H and O–H groups in total. The van der Waals surface area contributed by atoms with Crippen LogP contribution in [0.25, 0.3) is 16.9 Å². The Bertz CT molecular complexity index is 1120. The van der Waals surface area contributed by atoms with E-state index in [1.165, 1.54) is 0 Å². The van der Waals surface area contributed by atoms with Gasteiger partial charge in [-0.1, -0.05) is 6.92 Å². The molecule has 1 saturated carbocycles. The average Bonchev–Trinajstić information content (AvgIpc) is 3.31. The minimum Gasteiger partial charge on any atom is -0.507 e. The highest BCUT2D eigenvalue weighted by atomic mass is 19.1. The Kier molecular flexibility index (Phi) is 4.74. The minimum atomic E-state index is -0.980. The SMILES string of the molecule is CN(c1ccc(-c2ccc(-n3ccnc3)cc2O)nn1)[C@H]1[C@@H](F)[C@@]2(C)CC[C@]1(C)CN2C. The molecule has 168 valence electrons. The Morgan fingerprint density at radius 2 is 1.97 bits per heavy atom. The molecule has 7 nitrogen and oxygen atoms in total. The highest BCUT2D eigenvalue weighted by molar-refractivity contribution is 5.69. The Balaban J connectivity index is 1.41. The zero-order valence-corrected chi connectivity index (χ0v) is 18.9. The number of alkyl halides is 1. The summed E-state index contributed by atoms with van der Waals surface area (Å²) in [4.78, 5) is 8.16. The first-order chi connectivity index (χ1) is 15.2. The summed E-state index contributed by atoms with van der Waals surface area (Å²) in [7, 11) is 3.94. The number of benzene rings is 1. The zero-order valence-electron chi connectivity index (χ0n) is 18.9. The highest BCUT2D eigenvalue weighted by Crippen LogP contribution is 2.52. The lowest BCUT2D eigenvalue weighted by atomic mass is 9.59. The third-order valence-electron chi connectivity index (χ3n) is 7.75. The van der Waals surface area contributed by atoms with Crippen molar-refractivity contribution >= 4 is 5.82 Å². The number of rotatable bonds is 4. The number of nitrogens with zero attached hydrogens (tertiary/aromatic N) is 6. The summed E-state index contributed by atoms with van der Waals surface area (Å²) in [5, 5.41) is 19.3. The number of halogens is 1. The van der Waals surface area contributed by atoms with Gasteiger partial charge in [0.25, 0.3) is 0 Å². The number of imidazole rings is 1. The fraction of sp³-hybridized carbons (Fsp3) is 0.458. The number of phenols is 1. The van der Waals surface area contributed by atoms with Gasteiger partial charge in [0.05, 0.1) is 29.3 Å². The van der Waals surface area contributed by atoms with Crippen LogP contribution in [0.4, 0.5) is 10.2 Å². The maximum absolute atomic E-state index is 15.7. The first-order valence-corrected chi connectivity index (χ1v) is 11.0. The third-order valence-corrected chi connectivity index (χ3v) is 7.75. The summed E-state index contributed by atoms with van der Waals surface area (Å²) in [6, 6.07) is 8.80. The highest BCUT2D eigenvalue weighted by Gasteiger charge is 2.61. The van der Waals surface area contributed by atoms with Crippen molar-refractivity contribution in [1.29, 1.82) is 0 Å². The van der Waals surface area contributed by atoms with Gasteiger partial charge in [0.15, 0.2) is 5.82 Å². The molecule has 0 amide bonds. The number of aromatic hydroxyl groups is 1. The van der Waals surface area contributed by atoms with E-state index in [1.807, 2.05) is 60.9 Å². The standard InChI is InChI=1S/C24H29FN6O/c1-23-9-10-24(2,29(3)14-23)21(25)22(23)30(4)20-8-7-18(27-28-20)17-6-5-16(13-19(17)32)31-12-11-26-15-31/h5-8,11-13,15,21-22,32H,9-10,14H2,1-4H3/t21-,22+,23-,24-/m1/s1. The molecule has 0 unspecified atom stereocenters. The smallest absolute Gasteiger partial charge is 0.151 e. The van der Waals surface area contributed by atoms with Crippen LogP contribution in [0.15, 0.2) is 49.1 Å². The molecule has 2 saturated heterocycles. The molecular formula is C24H29FN6O. The van der Waals surface area contributed by atoms with E-state index >= 15 is 4.39 Å². The molecule has 1 aliphatic carbocycles. The second-order valence-electron chi connectivity index (χ2n) is 9.77. The largest absolute Gasteiger partial charge is 0.507 e. The average molecular weight is 437 g/mol. The molecule has 2 bridgehead atoms. The van der Waals surface area contributed by atoms with Gasteiger partial charge in [0.2, 0.25) is 0 Å². The second kappa shape index (κ2) is 7.27. The molecule has 4 heterocycles. The number of aromatic nitrogens is 4. The molecule has 2 aliphatic heterocycles. The van der Waals surface area contributed by atoms with Crippen molar-refractivity contribution in [3.63, 3.8) is 0 Å². The van der Waals surface area contributed by atoms with Gasteiger partial charge in [-0.3, -0.25) is 4.90 Å². The van der Waals surface area contributed by atoms with Crippen LogP contribution in [-0.4, -0.2) is 68.1 Å². The van der Waals surface area contributed by atoms with Gasteiger partial charge in [0.1, 0.15) is 11.9 Å². The summed E-state index contributed by atoms with van der Waals surface area (Å²) in [6.07, 6.45) is 6.05. The summed E-state index contributed by atoms with van der Waals surface area (Å²) < 4.78 is 17.6. The number of phenolic OH excluding ortho intramolecular Hbond substituents is 1. The van der Waals surface area contributed by atoms with Crippen molar-refractivity contribution in [3.05, 3.63) is 49.1 Å². The maximum atomic E-state index is 15.7. The minimum absolute atomic E-state index is 0.114. The molecular weight excluding hydrogens is 407 g/mol. The van der Waals surface area contributed by atoms with Crippen molar-refractivity contribution in [1.82, 2.24) is 24.6 Å². The fourth-order valence-corrected chi connectivity index (χ4v) is 5.59. The monoisotopic (exact) mass is 436 g/mol. The normalized spacial score (nSPS) is 29.9. The molecule has 4 atom stereocenters. The van der Waals surface area contributed by atoms with Crippen LogP contribution >= 0.6 is 0 Å². The van der Waals surface area contributed by atoms with Crippen molar-refractivity contribution < 1.29 is 9.50 Å². The van der Waals surface area contributed by atoms with E-state index in [0.29, 0.717) is 17.1 Å². The van der Waals surface area contributed by atoms with Crippen molar-refractivity contribution in [2.24, 2.45) is 5.41 Å². The molecule has 3 fully saturated rings. The topological polar surface area (TPSA) is 70.3 Å². The van der Waals surface area contributed by atoms with Crippen molar-refractivity contribution in [2.75, 3.05) is 25.5 Å². The van der Waals surface area contributed by atoms with Crippen LogP contribution in [0, 0.1) is 5.41 Å². The van der Waals surface area contributed by atoms with E-state index in [0.717, 1.165) is 25.1 Å². The quantitative estimate of drug-likeness (QED) is 0.673. The van der Waals surface area contributed by atoms with E-state index in [9.17, 15) is 5.11 Å². The van der Waals surface area contributed by atoms with Gasteiger partial charge in [-0.2, -0.15) is 0 Å². The van der Waals surface area contributed by atoms with Crippen molar-refractivity contribution in [3.8, 4) is 22.7 Å². The predicted molar refractivity (Wildman–Crippen MR) is 122 cm³/mol. The molecule has 32 heavy (non-hydrogen) atoms. The van der Waals surface area contributed by atoms with Gasteiger partial charge < -0.3 is 14.6 Å². The van der Waals surface area contributed by atoms with Crippen LogP contribution in [0.1, 0.15) is 26.7 Å². The molecule has 2 aromatic heterocycles. The van der Waals surface area contributed by atoms with E-state index in [4.69, 9.17) is 0 Å². The molecule has 1 aromatic carbocycles. The van der Waals surface area contributed by atoms with E-state index in [2.05, 4.69) is 27.0 Å². The number of piperidine rings is 2. The third kappa shape index (κ3) is 3.08. The van der Waals surface area contributed by atoms with Gasteiger partial charge in [-0.15, -0.1) is 10.2 Å². The molecule has 3 aliphatic rings.